The van der Waals surface area contributed by atoms with E-state index < -0.39 is 0 Å². The highest BCUT2D eigenvalue weighted by atomic mass is 16.5. The number of hydrogen-bond donors (Lipinski definition) is 1. The molecule has 2 aromatic rings. The van der Waals surface area contributed by atoms with Crippen LogP contribution in [0.4, 0.5) is 0 Å². The summed E-state index contributed by atoms with van der Waals surface area (Å²) >= 11 is 0. The first-order chi connectivity index (χ1) is 11.9. The van der Waals surface area contributed by atoms with Crippen LogP contribution in [0.25, 0.3) is 11.3 Å². The predicted molar refractivity (Wildman–Crippen MR) is 96.2 cm³/mol. The zero-order chi connectivity index (χ0) is 17.9. The Bertz CT molecular complexity index is 703. The lowest BCUT2D eigenvalue weighted by Gasteiger charge is -2.40. The quantitative estimate of drug-likeness (QED) is 0.915. The minimum atomic E-state index is -0.229. The number of ether oxygens (including phenoxy) is 1. The van der Waals surface area contributed by atoms with E-state index in [2.05, 4.69) is 31.2 Å². The molecule has 1 amide bonds. The van der Waals surface area contributed by atoms with Gasteiger partial charge >= 0.3 is 0 Å². The van der Waals surface area contributed by atoms with E-state index in [1.807, 2.05) is 30.3 Å². The van der Waals surface area contributed by atoms with Crippen LogP contribution in [0.1, 0.15) is 44.2 Å². The molecule has 1 aromatic heterocycles. The van der Waals surface area contributed by atoms with Crippen LogP contribution in [0.15, 0.2) is 40.9 Å². The number of hydrogen-bond acceptors (Lipinski definition) is 4. The molecular weight excluding hydrogens is 316 g/mol. The van der Waals surface area contributed by atoms with Gasteiger partial charge in [0.15, 0.2) is 0 Å². The highest BCUT2D eigenvalue weighted by Crippen LogP contribution is 2.33. The largest absolute Gasteiger partial charge is 0.377 e. The molecule has 1 aliphatic rings. The second-order valence-electron chi connectivity index (χ2n) is 7.71. The summed E-state index contributed by atoms with van der Waals surface area (Å²) in [6, 6.07) is 11.4. The van der Waals surface area contributed by atoms with Gasteiger partial charge in [-0.25, -0.2) is 0 Å². The van der Waals surface area contributed by atoms with Crippen molar-refractivity contribution in [2.75, 3.05) is 13.2 Å². The molecule has 2 heterocycles. The number of rotatable bonds is 4. The van der Waals surface area contributed by atoms with E-state index in [1.54, 1.807) is 6.07 Å². The number of benzene rings is 1. The molecule has 3 rings (SSSR count). The second-order valence-corrected chi connectivity index (χ2v) is 7.71. The lowest BCUT2D eigenvalue weighted by Crippen LogP contribution is -2.45. The third-order valence-electron chi connectivity index (χ3n) is 4.63. The molecule has 1 N–H and O–H groups in total. The Labute approximate surface area is 148 Å². The molecule has 0 radical (unpaired) electrons. The number of aromatic nitrogens is 1. The standard InChI is InChI=1S/C20H26N2O3/c1-20(2,3)18-15(10-7-11-24-18)13-21-19(23)17-12-16(22-25-17)14-8-5-4-6-9-14/h4-6,8-9,12,15,18H,7,10-11,13H2,1-3H3,(H,21,23). The molecule has 134 valence electrons. The van der Waals surface area contributed by atoms with Gasteiger partial charge in [-0.3, -0.25) is 4.79 Å². The summed E-state index contributed by atoms with van der Waals surface area (Å²) in [5.41, 5.74) is 1.65. The molecule has 1 aliphatic heterocycles. The van der Waals surface area contributed by atoms with E-state index in [4.69, 9.17) is 9.26 Å². The molecule has 2 unspecified atom stereocenters. The maximum Gasteiger partial charge on any atom is 0.289 e. The van der Waals surface area contributed by atoms with Gasteiger partial charge in [0.25, 0.3) is 5.91 Å². The first-order valence-electron chi connectivity index (χ1n) is 8.87. The van der Waals surface area contributed by atoms with Gasteiger partial charge in [-0.2, -0.15) is 0 Å². The molecule has 5 heteroatoms. The van der Waals surface area contributed by atoms with Gasteiger partial charge in [-0.05, 0) is 18.3 Å². The fraction of sp³-hybridized carbons (Fsp3) is 0.500. The Balaban J connectivity index is 1.62. The summed E-state index contributed by atoms with van der Waals surface area (Å²) in [5, 5.41) is 6.98. The fourth-order valence-electron chi connectivity index (χ4n) is 3.45. The van der Waals surface area contributed by atoms with Crippen LogP contribution >= 0.6 is 0 Å². The summed E-state index contributed by atoms with van der Waals surface area (Å²) in [6.45, 7) is 7.93. The van der Waals surface area contributed by atoms with E-state index >= 15 is 0 Å². The molecule has 0 aliphatic carbocycles. The lowest BCUT2D eigenvalue weighted by molar-refractivity contribution is -0.0839. The molecule has 0 saturated carbocycles. The van der Waals surface area contributed by atoms with Gasteiger partial charge in [0.1, 0.15) is 5.69 Å². The molecule has 1 aromatic carbocycles. The van der Waals surface area contributed by atoms with Crippen LogP contribution in [-0.4, -0.2) is 30.3 Å². The van der Waals surface area contributed by atoms with Crippen molar-refractivity contribution >= 4 is 5.91 Å². The van der Waals surface area contributed by atoms with Crippen molar-refractivity contribution < 1.29 is 14.1 Å². The van der Waals surface area contributed by atoms with Gasteiger partial charge in [0.05, 0.1) is 6.10 Å². The smallest absolute Gasteiger partial charge is 0.289 e. The van der Waals surface area contributed by atoms with Gasteiger partial charge in [0.2, 0.25) is 5.76 Å². The number of nitrogens with zero attached hydrogens (tertiary/aromatic N) is 1. The van der Waals surface area contributed by atoms with Crippen molar-refractivity contribution in [1.82, 2.24) is 10.5 Å². The maximum atomic E-state index is 12.4. The van der Waals surface area contributed by atoms with Crippen molar-refractivity contribution in [3.8, 4) is 11.3 Å². The van der Waals surface area contributed by atoms with Crippen molar-refractivity contribution in [2.45, 2.75) is 39.7 Å². The van der Waals surface area contributed by atoms with E-state index in [-0.39, 0.29) is 23.2 Å². The second kappa shape index (κ2) is 7.40. The Morgan fingerprint density at radius 1 is 1.28 bits per heavy atom. The molecule has 0 bridgehead atoms. The topological polar surface area (TPSA) is 64.4 Å². The highest BCUT2D eigenvalue weighted by Gasteiger charge is 2.35. The third kappa shape index (κ3) is 4.28. The zero-order valence-corrected chi connectivity index (χ0v) is 15.1. The first kappa shape index (κ1) is 17.7. The Morgan fingerprint density at radius 3 is 2.76 bits per heavy atom. The first-order valence-corrected chi connectivity index (χ1v) is 8.87. The summed E-state index contributed by atoms with van der Waals surface area (Å²) in [4.78, 5) is 12.4. The molecule has 2 atom stereocenters. The number of nitrogens with one attached hydrogen (secondary N) is 1. The minimum Gasteiger partial charge on any atom is -0.377 e. The molecule has 25 heavy (non-hydrogen) atoms. The van der Waals surface area contributed by atoms with Gasteiger partial charge in [-0.1, -0.05) is 56.3 Å². The summed E-state index contributed by atoms with van der Waals surface area (Å²) in [7, 11) is 0. The molecule has 1 saturated heterocycles. The molecule has 5 nitrogen and oxygen atoms in total. The van der Waals surface area contributed by atoms with Crippen molar-refractivity contribution in [2.24, 2.45) is 11.3 Å². The van der Waals surface area contributed by atoms with Crippen LogP contribution in [0, 0.1) is 11.3 Å². The normalized spacial score (nSPS) is 21.1. The van der Waals surface area contributed by atoms with Crippen molar-refractivity contribution in [3.63, 3.8) is 0 Å². The van der Waals surface area contributed by atoms with E-state index in [0.717, 1.165) is 25.0 Å². The average molecular weight is 342 g/mol. The number of amides is 1. The Hall–Kier alpha value is -2.14. The minimum absolute atomic E-state index is 0.0581. The SMILES string of the molecule is CC(C)(C)C1OCCCC1CNC(=O)c1cc(-c2ccccc2)no1. The van der Waals surface area contributed by atoms with Gasteiger partial charge in [-0.15, -0.1) is 0 Å². The van der Waals surface area contributed by atoms with E-state index in [0.29, 0.717) is 18.2 Å². The Kier molecular flexibility index (Phi) is 5.23. The molecule has 1 fully saturated rings. The lowest BCUT2D eigenvalue weighted by atomic mass is 9.78. The van der Waals surface area contributed by atoms with Crippen LogP contribution in [0.3, 0.4) is 0 Å². The molecular formula is C20H26N2O3. The van der Waals surface area contributed by atoms with E-state index in [9.17, 15) is 4.79 Å². The van der Waals surface area contributed by atoms with Crippen LogP contribution in [-0.2, 0) is 4.74 Å². The highest BCUT2D eigenvalue weighted by molar-refractivity contribution is 5.92. The van der Waals surface area contributed by atoms with Gasteiger partial charge in [0, 0.05) is 30.7 Å². The van der Waals surface area contributed by atoms with Crippen molar-refractivity contribution in [3.05, 3.63) is 42.2 Å². The average Bonchev–Trinajstić information content (AvgIpc) is 3.10. The zero-order valence-electron chi connectivity index (χ0n) is 15.1. The predicted octanol–water partition coefficient (Wildman–Crippen LogP) is 3.91. The van der Waals surface area contributed by atoms with Crippen LogP contribution < -0.4 is 5.32 Å². The summed E-state index contributed by atoms with van der Waals surface area (Å²) in [5.74, 6) is 0.324. The van der Waals surface area contributed by atoms with Crippen LogP contribution in [0.2, 0.25) is 0 Å². The van der Waals surface area contributed by atoms with Crippen LogP contribution in [0.5, 0.6) is 0 Å². The maximum absolute atomic E-state index is 12.4. The molecule has 0 spiro atoms. The summed E-state index contributed by atoms with van der Waals surface area (Å²) < 4.78 is 11.2. The monoisotopic (exact) mass is 342 g/mol. The Morgan fingerprint density at radius 2 is 2.04 bits per heavy atom. The fourth-order valence-corrected chi connectivity index (χ4v) is 3.45. The van der Waals surface area contributed by atoms with E-state index in [1.165, 1.54) is 0 Å². The number of carbonyl (C=O) groups is 1. The van der Waals surface area contributed by atoms with Gasteiger partial charge < -0.3 is 14.6 Å². The summed E-state index contributed by atoms with van der Waals surface area (Å²) in [6.07, 6.45) is 2.25. The third-order valence-corrected chi connectivity index (χ3v) is 4.63. The number of carbonyl (C=O) groups excluding carboxylic acids is 1. The van der Waals surface area contributed by atoms with Crippen molar-refractivity contribution in [1.29, 1.82) is 0 Å².